The minimum absolute atomic E-state index is 0.482. The van der Waals surface area contributed by atoms with E-state index in [-0.39, 0.29) is 0 Å². The molecule has 3 rings (SSSR count). The van der Waals surface area contributed by atoms with Gasteiger partial charge in [-0.2, -0.15) is 0 Å². The summed E-state index contributed by atoms with van der Waals surface area (Å²) in [6.07, 6.45) is 0.482. The molecule has 1 aromatic heterocycles. The fourth-order valence-corrected chi connectivity index (χ4v) is 2.97. The van der Waals surface area contributed by atoms with Gasteiger partial charge < -0.3 is 15.4 Å². The molecule has 0 amide bonds. The van der Waals surface area contributed by atoms with Crippen LogP contribution in [0.25, 0.3) is 22.4 Å². The number of nitrogen functional groups attached to an aromatic ring is 1. The topological polar surface area (TPSA) is 81.1 Å². The van der Waals surface area contributed by atoms with E-state index in [9.17, 15) is 9.90 Å². The second-order valence-electron chi connectivity index (χ2n) is 6.11. The Morgan fingerprint density at radius 2 is 1.83 bits per heavy atom. The summed E-state index contributed by atoms with van der Waals surface area (Å²) in [6.45, 7) is 5.93. The first-order chi connectivity index (χ1) is 11.4. The Kier molecular flexibility index (Phi) is 4.01. The van der Waals surface area contributed by atoms with Crippen molar-refractivity contribution in [3.8, 4) is 11.4 Å². The number of benzene rings is 2. The first-order valence-electron chi connectivity index (χ1n) is 8.00. The highest BCUT2D eigenvalue weighted by Gasteiger charge is 2.24. The van der Waals surface area contributed by atoms with Crippen LogP contribution in [-0.2, 0) is 4.79 Å². The first kappa shape index (κ1) is 16.1. The molecule has 0 aliphatic carbocycles. The maximum Gasteiger partial charge on any atom is 0.326 e. The Morgan fingerprint density at radius 1 is 1.21 bits per heavy atom. The number of anilines is 1. The van der Waals surface area contributed by atoms with Crippen molar-refractivity contribution in [2.75, 3.05) is 5.73 Å². The molecule has 0 aliphatic rings. The minimum atomic E-state index is -0.855. The molecule has 0 bridgehead atoms. The Hall–Kier alpha value is -2.82. The number of aryl methyl sites for hydroxylation is 2. The third-order valence-corrected chi connectivity index (χ3v) is 4.46. The van der Waals surface area contributed by atoms with Crippen LogP contribution in [0.2, 0.25) is 0 Å². The van der Waals surface area contributed by atoms with Crippen molar-refractivity contribution in [3.05, 3.63) is 47.5 Å². The van der Waals surface area contributed by atoms with Gasteiger partial charge in [-0.1, -0.05) is 6.92 Å². The lowest BCUT2D eigenvalue weighted by Crippen LogP contribution is -2.19. The average molecular weight is 323 g/mol. The van der Waals surface area contributed by atoms with Crippen LogP contribution in [0, 0.1) is 13.8 Å². The molecule has 2 aromatic carbocycles. The molecule has 24 heavy (non-hydrogen) atoms. The van der Waals surface area contributed by atoms with Crippen LogP contribution >= 0.6 is 0 Å². The fraction of sp³-hybridized carbons (Fsp3) is 0.263. The van der Waals surface area contributed by atoms with Gasteiger partial charge in [-0.05, 0) is 67.8 Å². The summed E-state index contributed by atoms with van der Waals surface area (Å²) in [7, 11) is 0. The first-order valence-corrected chi connectivity index (χ1v) is 8.00. The minimum Gasteiger partial charge on any atom is -0.480 e. The molecule has 0 saturated heterocycles. The van der Waals surface area contributed by atoms with E-state index < -0.39 is 12.0 Å². The standard InChI is InChI=1S/C19H21N3O2/c1-4-16(19(23)24)22-17-10-12(3)11(2)9-15(17)21-18(22)13-5-7-14(20)8-6-13/h5-10,16H,4,20H2,1-3H3,(H,23,24). The number of carboxylic acids is 1. The van der Waals surface area contributed by atoms with Gasteiger partial charge in [-0.3, -0.25) is 0 Å². The summed E-state index contributed by atoms with van der Waals surface area (Å²) in [5.41, 5.74) is 11.2. The smallest absolute Gasteiger partial charge is 0.326 e. The van der Waals surface area contributed by atoms with Gasteiger partial charge in [0, 0.05) is 11.3 Å². The number of aliphatic carboxylic acids is 1. The predicted molar refractivity (Wildman–Crippen MR) is 96.0 cm³/mol. The molecule has 0 saturated carbocycles. The molecule has 124 valence electrons. The predicted octanol–water partition coefficient (Wildman–Crippen LogP) is 3.94. The second-order valence-corrected chi connectivity index (χ2v) is 6.11. The largest absolute Gasteiger partial charge is 0.480 e. The Balaban J connectivity index is 2.34. The number of nitrogens with two attached hydrogens (primary N) is 1. The van der Waals surface area contributed by atoms with Crippen molar-refractivity contribution >= 4 is 22.7 Å². The van der Waals surface area contributed by atoms with E-state index in [0.717, 1.165) is 27.7 Å². The summed E-state index contributed by atoms with van der Waals surface area (Å²) < 4.78 is 1.83. The van der Waals surface area contributed by atoms with Crippen molar-refractivity contribution < 1.29 is 9.90 Å². The second kappa shape index (κ2) is 6.00. The monoisotopic (exact) mass is 323 g/mol. The molecular formula is C19H21N3O2. The molecule has 0 fully saturated rings. The van der Waals surface area contributed by atoms with Crippen LogP contribution < -0.4 is 5.73 Å². The summed E-state index contributed by atoms with van der Waals surface area (Å²) in [6, 6.07) is 10.7. The molecule has 1 atom stereocenters. The van der Waals surface area contributed by atoms with E-state index >= 15 is 0 Å². The Bertz CT molecular complexity index is 911. The Labute approximate surface area is 140 Å². The molecule has 0 radical (unpaired) electrons. The number of hydrogen-bond donors (Lipinski definition) is 2. The lowest BCUT2D eigenvalue weighted by molar-refractivity contribution is -0.140. The van der Waals surface area contributed by atoms with E-state index in [0.29, 0.717) is 17.9 Å². The number of carbonyl (C=O) groups is 1. The van der Waals surface area contributed by atoms with Crippen LogP contribution in [-0.4, -0.2) is 20.6 Å². The van der Waals surface area contributed by atoms with Gasteiger partial charge in [-0.15, -0.1) is 0 Å². The maximum absolute atomic E-state index is 11.8. The SMILES string of the molecule is CCC(C(=O)O)n1c(-c2ccc(N)cc2)nc2cc(C)c(C)cc21. The van der Waals surface area contributed by atoms with Gasteiger partial charge in [0.05, 0.1) is 11.0 Å². The van der Waals surface area contributed by atoms with E-state index in [2.05, 4.69) is 0 Å². The van der Waals surface area contributed by atoms with Gasteiger partial charge in [0.2, 0.25) is 0 Å². The lowest BCUT2D eigenvalue weighted by Gasteiger charge is -2.17. The number of hydrogen-bond acceptors (Lipinski definition) is 3. The average Bonchev–Trinajstić information content (AvgIpc) is 2.87. The van der Waals surface area contributed by atoms with Crippen LogP contribution in [0.3, 0.4) is 0 Å². The van der Waals surface area contributed by atoms with E-state index in [4.69, 9.17) is 10.7 Å². The number of carboxylic acid groups (broad SMARTS) is 1. The van der Waals surface area contributed by atoms with Crippen LogP contribution in [0.4, 0.5) is 5.69 Å². The highest BCUT2D eigenvalue weighted by Crippen LogP contribution is 2.31. The number of rotatable bonds is 4. The molecule has 3 N–H and O–H groups in total. The number of aromatic nitrogens is 2. The van der Waals surface area contributed by atoms with E-state index in [1.165, 1.54) is 0 Å². The number of nitrogens with zero attached hydrogens (tertiary/aromatic N) is 2. The lowest BCUT2D eigenvalue weighted by atomic mass is 10.1. The molecule has 5 heteroatoms. The summed E-state index contributed by atoms with van der Waals surface area (Å²) >= 11 is 0. The van der Waals surface area contributed by atoms with Crippen molar-refractivity contribution in [2.45, 2.75) is 33.2 Å². The normalized spacial score (nSPS) is 12.5. The molecule has 1 heterocycles. The molecule has 5 nitrogen and oxygen atoms in total. The molecule has 1 unspecified atom stereocenters. The molecule has 3 aromatic rings. The van der Waals surface area contributed by atoms with Gasteiger partial charge in [0.25, 0.3) is 0 Å². The van der Waals surface area contributed by atoms with Crippen LogP contribution in [0.5, 0.6) is 0 Å². The maximum atomic E-state index is 11.8. The fourth-order valence-electron chi connectivity index (χ4n) is 2.97. The van der Waals surface area contributed by atoms with Crippen molar-refractivity contribution in [1.29, 1.82) is 0 Å². The van der Waals surface area contributed by atoms with Gasteiger partial charge in [0.15, 0.2) is 0 Å². The molecule has 0 aliphatic heterocycles. The van der Waals surface area contributed by atoms with E-state index in [1.807, 2.05) is 49.6 Å². The highest BCUT2D eigenvalue weighted by atomic mass is 16.4. The van der Waals surface area contributed by atoms with Gasteiger partial charge in [0.1, 0.15) is 11.9 Å². The van der Waals surface area contributed by atoms with Crippen molar-refractivity contribution in [2.24, 2.45) is 0 Å². The van der Waals surface area contributed by atoms with Crippen molar-refractivity contribution in [3.63, 3.8) is 0 Å². The summed E-state index contributed by atoms with van der Waals surface area (Å²) in [5.74, 6) is -0.198. The van der Waals surface area contributed by atoms with Crippen molar-refractivity contribution in [1.82, 2.24) is 9.55 Å². The zero-order valence-corrected chi connectivity index (χ0v) is 14.1. The zero-order valence-electron chi connectivity index (χ0n) is 14.1. The van der Waals surface area contributed by atoms with Gasteiger partial charge in [-0.25, -0.2) is 9.78 Å². The van der Waals surface area contributed by atoms with Crippen LogP contribution in [0.1, 0.15) is 30.5 Å². The molecular weight excluding hydrogens is 302 g/mol. The Morgan fingerprint density at radius 3 is 2.42 bits per heavy atom. The van der Waals surface area contributed by atoms with Crippen LogP contribution in [0.15, 0.2) is 36.4 Å². The number of fused-ring (bicyclic) bond motifs is 1. The van der Waals surface area contributed by atoms with Gasteiger partial charge >= 0.3 is 5.97 Å². The highest BCUT2D eigenvalue weighted by molar-refractivity contribution is 5.85. The summed E-state index contributed by atoms with van der Waals surface area (Å²) in [4.78, 5) is 16.5. The van der Waals surface area contributed by atoms with E-state index in [1.54, 1.807) is 12.1 Å². The summed E-state index contributed by atoms with van der Waals surface area (Å²) in [5, 5.41) is 9.68. The third kappa shape index (κ3) is 2.62. The number of imidazole rings is 1. The molecule has 0 spiro atoms. The quantitative estimate of drug-likeness (QED) is 0.713. The third-order valence-electron chi connectivity index (χ3n) is 4.46. The zero-order chi connectivity index (χ0) is 17.4.